The molecular weight excluding hydrogens is 456 g/mol. The summed E-state index contributed by atoms with van der Waals surface area (Å²) in [5, 5.41) is 24.5. The van der Waals surface area contributed by atoms with Crippen molar-refractivity contribution in [3.63, 3.8) is 0 Å². The quantitative estimate of drug-likeness (QED) is 0.559. The van der Waals surface area contributed by atoms with E-state index in [4.69, 9.17) is 11.6 Å². The summed E-state index contributed by atoms with van der Waals surface area (Å²) in [5.74, 6) is -2.30. The Labute approximate surface area is 206 Å². The Balaban J connectivity index is 1.71. The van der Waals surface area contributed by atoms with Crippen molar-refractivity contribution >= 4 is 29.4 Å². The summed E-state index contributed by atoms with van der Waals surface area (Å²) in [4.78, 5) is 39.6. The molecule has 0 unspecified atom stereocenters. The molecule has 1 heterocycles. The first-order valence-corrected chi connectivity index (χ1v) is 12.5. The van der Waals surface area contributed by atoms with Gasteiger partial charge in [0, 0.05) is 29.4 Å². The van der Waals surface area contributed by atoms with Gasteiger partial charge < -0.3 is 20.4 Å². The van der Waals surface area contributed by atoms with Gasteiger partial charge in [-0.1, -0.05) is 57.8 Å². The number of aliphatic carboxylic acids is 1. The molecule has 7 nitrogen and oxygen atoms in total. The van der Waals surface area contributed by atoms with Crippen molar-refractivity contribution in [3.05, 3.63) is 34.9 Å². The van der Waals surface area contributed by atoms with E-state index in [1.807, 2.05) is 39.8 Å². The molecule has 1 aliphatic heterocycles. The van der Waals surface area contributed by atoms with Crippen LogP contribution in [0.3, 0.4) is 0 Å². The summed E-state index contributed by atoms with van der Waals surface area (Å²) in [6.07, 6.45) is 2.60. The zero-order valence-electron chi connectivity index (χ0n) is 20.5. The molecule has 0 radical (unpaired) electrons. The molecule has 34 heavy (non-hydrogen) atoms. The highest BCUT2D eigenvalue weighted by Gasteiger charge is 2.50. The van der Waals surface area contributed by atoms with Crippen LogP contribution in [0.1, 0.15) is 65.4 Å². The molecule has 2 amide bonds. The van der Waals surface area contributed by atoms with Gasteiger partial charge in [-0.3, -0.25) is 14.4 Å². The molecule has 2 aliphatic rings. The lowest BCUT2D eigenvalue weighted by Gasteiger charge is -2.51. The van der Waals surface area contributed by atoms with Gasteiger partial charge in [0.25, 0.3) is 0 Å². The molecule has 4 atom stereocenters. The second-order valence-electron chi connectivity index (χ2n) is 10.9. The van der Waals surface area contributed by atoms with Gasteiger partial charge in [-0.2, -0.15) is 0 Å². The summed E-state index contributed by atoms with van der Waals surface area (Å²) in [6, 6.07) is 6.47. The van der Waals surface area contributed by atoms with Gasteiger partial charge in [0.15, 0.2) is 0 Å². The monoisotopic (exact) mass is 492 g/mol. The minimum absolute atomic E-state index is 0.129. The van der Waals surface area contributed by atoms with E-state index in [9.17, 15) is 24.6 Å². The van der Waals surface area contributed by atoms with Gasteiger partial charge >= 0.3 is 5.97 Å². The smallest absolute Gasteiger partial charge is 0.306 e. The number of nitrogens with one attached hydrogen (secondary N) is 1. The molecule has 1 aromatic rings. The topological polar surface area (TPSA) is 107 Å². The molecule has 188 valence electrons. The van der Waals surface area contributed by atoms with E-state index >= 15 is 0 Å². The number of carboxylic acids is 1. The van der Waals surface area contributed by atoms with Crippen LogP contribution in [0.15, 0.2) is 24.3 Å². The van der Waals surface area contributed by atoms with Gasteiger partial charge in [-0.25, -0.2) is 0 Å². The highest BCUT2D eigenvalue weighted by Crippen LogP contribution is 2.46. The molecule has 0 spiro atoms. The van der Waals surface area contributed by atoms with E-state index in [0.29, 0.717) is 50.2 Å². The van der Waals surface area contributed by atoms with Crippen LogP contribution in [0, 0.1) is 23.2 Å². The molecule has 2 fully saturated rings. The van der Waals surface area contributed by atoms with Gasteiger partial charge in [0.2, 0.25) is 11.8 Å². The number of halogens is 1. The molecule has 8 heteroatoms. The number of benzene rings is 1. The summed E-state index contributed by atoms with van der Waals surface area (Å²) in [5.41, 5.74) is -0.968. The number of hydrogen-bond donors (Lipinski definition) is 3. The van der Waals surface area contributed by atoms with Crippen molar-refractivity contribution in [2.75, 3.05) is 13.1 Å². The predicted octanol–water partition coefficient (Wildman–Crippen LogP) is 3.82. The Morgan fingerprint density at radius 3 is 2.29 bits per heavy atom. The zero-order valence-corrected chi connectivity index (χ0v) is 21.3. The van der Waals surface area contributed by atoms with Crippen LogP contribution >= 0.6 is 11.6 Å². The third-order valence-corrected chi connectivity index (χ3v) is 7.96. The minimum Gasteiger partial charge on any atom is -0.481 e. The minimum atomic E-state index is -1.11. The van der Waals surface area contributed by atoms with E-state index in [2.05, 4.69) is 5.32 Å². The molecule has 3 N–H and O–H groups in total. The zero-order chi connectivity index (χ0) is 25.3. The van der Waals surface area contributed by atoms with E-state index in [-0.39, 0.29) is 17.7 Å². The van der Waals surface area contributed by atoms with E-state index in [0.717, 1.165) is 5.56 Å². The molecule has 1 aliphatic carbocycles. The van der Waals surface area contributed by atoms with Crippen molar-refractivity contribution in [1.29, 1.82) is 0 Å². The third-order valence-electron chi connectivity index (χ3n) is 7.71. The maximum absolute atomic E-state index is 13.5. The Hall–Kier alpha value is -2.12. The molecule has 3 rings (SSSR count). The lowest BCUT2D eigenvalue weighted by molar-refractivity contribution is -0.157. The Kier molecular flexibility index (Phi) is 7.98. The van der Waals surface area contributed by atoms with Crippen LogP contribution in [-0.2, 0) is 20.0 Å². The lowest BCUT2D eigenvalue weighted by atomic mass is 9.66. The van der Waals surface area contributed by atoms with Crippen LogP contribution in [0.25, 0.3) is 0 Å². The highest BCUT2D eigenvalue weighted by molar-refractivity contribution is 6.30. The molecule has 1 saturated heterocycles. The van der Waals surface area contributed by atoms with Crippen LogP contribution in [0.5, 0.6) is 0 Å². The summed E-state index contributed by atoms with van der Waals surface area (Å²) >= 11 is 6.02. The lowest BCUT2D eigenvalue weighted by Crippen LogP contribution is -2.60. The fourth-order valence-electron chi connectivity index (χ4n) is 5.40. The molecule has 1 aromatic carbocycles. The van der Waals surface area contributed by atoms with Crippen molar-refractivity contribution in [2.24, 2.45) is 23.2 Å². The van der Waals surface area contributed by atoms with Gasteiger partial charge in [-0.05, 0) is 49.3 Å². The normalized spacial score (nSPS) is 27.8. The number of rotatable bonds is 6. The first-order valence-electron chi connectivity index (χ1n) is 12.2. The standard InChI is InChI=1S/C26H37ClN2O5/c1-16(2)21(28-22(30)17-6-5-7-18(14-17)24(32)33)23(31)29-13-12-26(34,25(3,4)15-29)19-8-10-20(27)11-9-19/h8-11,16-18,21,34H,5-7,12-15H2,1-4H3,(H,28,30)(H,32,33)/t17-,18+,21-,26+/m1/s1. The number of likely N-dealkylation sites (tertiary alicyclic amines) is 1. The van der Waals surface area contributed by atoms with Gasteiger partial charge in [-0.15, -0.1) is 0 Å². The SMILES string of the molecule is CC(C)[C@@H](NC(=O)[C@@H]1CCC[C@H](C(=O)O)C1)C(=O)N1CC[C@](O)(c2ccc(Cl)cc2)C(C)(C)C1. The molecule has 0 aromatic heterocycles. The number of hydrogen-bond acceptors (Lipinski definition) is 4. The maximum atomic E-state index is 13.5. The van der Waals surface area contributed by atoms with Crippen molar-refractivity contribution in [1.82, 2.24) is 10.2 Å². The molecule has 0 bridgehead atoms. The summed E-state index contributed by atoms with van der Waals surface area (Å²) in [7, 11) is 0. The number of piperidine rings is 1. The Bertz CT molecular complexity index is 916. The number of carbonyl (C=O) groups is 3. The van der Waals surface area contributed by atoms with Crippen LogP contribution < -0.4 is 5.32 Å². The fourth-order valence-corrected chi connectivity index (χ4v) is 5.53. The molecular formula is C26H37ClN2O5. The van der Waals surface area contributed by atoms with Crippen molar-refractivity contribution in [2.45, 2.75) is 71.4 Å². The van der Waals surface area contributed by atoms with Gasteiger partial charge in [0.05, 0.1) is 11.5 Å². The summed E-state index contributed by atoms with van der Waals surface area (Å²) < 4.78 is 0. The average Bonchev–Trinajstić information content (AvgIpc) is 2.78. The number of nitrogens with zero attached hydrogens (tertiary/aromatic N) is 1. The van der Waals surface area contributed by atoms with Gasteiger partial charge in [0.1, 0.15) is 6.04 Å². The number of carbonyl (C=O) groups excluding carboxylic acids is 2. The Morgan fingerprint density at radius 2 is 1.74 bits per heavy atom. The van der Waals surface area contributed by atoms with E-state index < -0.39 is 34.9 Å². The van der Waals surface area contributed by atoms with Crippen LogP contribution in [0.2, 0.25) is 5.02 Å². The second kappa shape index (κ2) is 10.2. The molecule has 1 saturated carbocycles. The number of carboxylic acid groups (broad SMARTS) is 1. The van der Waals surface area contributed by atoms with E-state index in [1.54, 1.807) is 17.0 Å². The first-order chi connectivity index (χ1) is 15.9. The second-order valence-corrected chi connectivity index (χ2v) is 11.3. The largest absolute Gasteiger partial charge is 0.481 e. The van der Waals surface area contributed by atoms with Crippen molar-refractivity contribution in [3.8, 4) is 0 Å². The summed E-state index contributed by atoms with van der Waals surface area (Å²) in [6.45, 7) is 8.38. The average molecular weight is 493 g/mol. The third kappa shape index (κ3) is 5.41. The first kappa shape index (κ1) is 26.5. The number of aliphatic hydroxyl groups is 1. The highest BCUT2D eigenvalue weighted by atomic mass is 35.5. The Morgan fingerprint density at radius 1 is 1.12 bits per heavy atom. The fraction of sp³-hybridized carbons (Fsp3) is 0.654. The predicted molar refractivity (Wildman–Crippen MR) is 130 cm³/mol. The maximum Gasteiger partial charge on any atom is 0.306 e. The number of amides is 2. The van der Waals surface area contributed by atoms with Crippen LogP contribution in [-0.4, -0.2) is 52.0 Å². The van der Waals surface area contributed by atoms with Crippen molar-refractivity contribution < 1.29 is 24.6 Å². The van der Waals surface area contributed by atoms with E-state index in [1.165, 1.54) is 0 Å². The van der Waals surface area contributed by atoms with Crippen LogP contribution in [0.4, 0.5) is 0 Å².